The highest BCUT2D eigenvalue weighted by atomic mass is 32.2. The minimum Gasteiger partial charge on any atom is -0.355 e. The van der Waals surface area contributed by atoms with Gasteiger partial charge in [-0.05, 0) is 12.1 Å². The zero-order valence-corrected chi connectivity index (χ0v) is 10.8. The third-order valence-electron chi connectivity index (χ3n) is 2.79. The highest BCUT2D eigenvalue weighted by Gasteiger charge is 2.29. The molecule has 1 aliphatic rings. The van der Waals surface area contributed by atoms with Crippen LogP contribution in [0.3, 0.4) is 0 Å². The number of carbonyl (C=O) groups is 1. The van der Waals surface area contributed by atoms with Gasteiger partial charge in [-0.3, -0.25) is 4.79 Å². The Balaban J connectivity index is 2.19. The molecule has 5 nitrogen and oxygen atoms in total. The lowest BCUT2D eigenvalue weighted by atomic mass is 10.3. The van der Waals surface area contributed by atoms with Crippen LogP contribution >= 0.6 is 0 Å². The van der Waals surface area contributed by atoms with Gasteiger partial charge in [0.05, 0.1) is 4.90 Å². The Morgan fingerprint density at radius 2 is 1.94 bits per heavy atom. The van der Waals surface area contributed by atoms with E-state index in [0.717, 1.165) is 0 Å². The fraction of sp³-hybridized carbons (Fsp3) is 0.250. The molecule has 1 N–H and O–H groups in total. The fourth-order valence-corrected chi connectivity index (χ4v) is 3.16. The minimum absolute atomic E-state index is 0.122. The largest absolute Gasteiger partial charge is 0.355 e. The standard InChI is InChI=1S/C12H14N2O3S/c1-13-12(15)10-7-8-14(9-10)18(16,17)11-5-3-2-4-6-11/h2-7H,8-9H2,1H3,(H,13,15). The average Bonchev–Trinajstić information content (AvgIpc) is 2.89. The van der Waals surface area contributed by atoms with Gasteiger partial charge in [-0.15, -0.1) is 0 Å². The molecule has 0 unspecified atom stereocenters. The molecule has 2 rings (SSSR count). The van der Waals surface area contributed by atoms with E-state index in [1.54, 1.807) is 36.4 Å². The summed E-state index contributed by atoms with van der Waals surface area (Å²) in [7, 11) is -1.99. The summed E-state index contributed by atoms with van der Waals surface area (Å²) in [5.74, 6) is -0.235. The van der Waals surface area contributed by atoms with E-state index >= 15 is 0 Å². The number of hydrogen-bond acceptors (Lipinski definition) is 3. The molecule has 0 spiro atoms. The Kier molecular flexibility index (Phi) is 3.49. The number of rotatable bonds is 3. The first kappa shape index (κ1) is 12.8. The Morgan fingerprint density at radius 1 is 1.28 bits per heavy atom. The molecule has 1 aliphatic heterocycles. The van der Waals surface area contributed by atoms with Crippen LogP contribution in [0.25, 0.3) is 0 Å². The maximum Gasteiger partial charge on any atom is 0.248 e. The van der Waals surface area contributed by atoms with E-state index in [1.165, 1.54) is 11.4 Å². The third-order valence-corrected chi connectivity index (χ3v) is 4.61. The van der Waals surface area contributed by atoms with Crippen LogP contribution in [0, 0.1) is 0 Å². The van der Waals surface area contributed by atoms with Crippen molar-refractivity contribution in [1.82, 2.24) is 9.62 Å². The summed E-state index contributed by atoms with van der Waals surface area (Å²) in [5, 5.41) is 2.49. The molecule has 0 atom stereocenters. The van der Waals surface area contributed by atoms with Gasteiger partial charge in [0.1, 0.15) is 0 Å². The smallest absolute Gasteiger partial charge is 0.248 e. The zero-order valence-electron chi connectivity index (χ0n) is 9.96. The molecule has 1 aromatic rings. The number of nitrogens with zero attached hydrogens (tertiary/aromatic N) is 1. The Morgan fingerprint density at radius 3 is 2.56 bits per heavy atom. The summed E-state index contributed by atoms with van der Waals surface area (Å²) in [6.07, 6.45) is 1.64. The molecule has 0 saturated heterocycles. The van der Waals surface area contributed by atoms with Gasteiger partial charge in [0, 0.05) is 25.7 Å². The number of amides is 1. The van der Waals surface area contributed by atoms with Crippen LogP contribution in [0.5, 0.6) is 0 Å². The number of benzene rings is 1. The molecule has 0 radical (unpaired) electrons. The SMILES string of the molecule is CNC(=O)C1=CCN(S(=O)(=O)c2ccccc2)C1. The molecule has 0 fully saturated rings. The van der Waals surface area contributed by atoms with Gasteiger partial charge in [0.2, 0.25) is 15.9 Å². The summed E-state index contributed by atoms with van der Waals surface area (Å²) < 4.78 is 25.8. The van der Waals surface area contributed by atoms with Crippen molar-refractivity contribution in [3.8, 4) is 0 Å². The van der Waals surface area contributed by atoms with Crippen LogP contribution in [0.1, 0.15) is 0 Å². The topological polar surface area (TPSA) is 66.5 Å². The van der Waals surface area contributed by atoms with Crippen LogP contribution < -0.4 is 5.32 Å². The summed E-state index contributed by atoms with van der Waals surface area (Å²) in [4.78, 5) is 11.7. The molecule has 0 aliphatic carbocycles. The summed E-state index contributed by atoms with van der Waals surface area (Å²) in [5.41, 5.74) is 0.483. The molecule has 0 bridgehead atoms. The van der Waals surface area contributed by atoms with E-state index in [2.05, 4.69) is 5.32 Å². The Labute approximate surface area is 106 Å². The molecule has 6 heteroatoms. The van der Waals surface area contributed by atoms with Crippen LogP contribution in [0.15, 0.2) is 46.9 Å². The first-order valence-electron chi connectivity index (χ1n) is 5.52. The van der Waals surface area contributed by atoms with Gasteiger partial charge < -0.3 is 5.32 Å². The number of hydrogen-bond donors (Lipinski definition) is 1. The van der Waals surface area contributed by atoms with E-state index in [0.29, 0.717) is 5.57 Å². The maximum absolute atomic E-state index is 12.3. The highest BCUT2D eigenvalue weighted by Crippen LogP contribution is 2.20. The second-order valence-electron chi connectivity index (χ2n) is 3.92. The molecule has 1 aromatic carbocycles. The van der Waals surface area contributed by atoms with Gasteiger partial charge in [-0.2, -0.15) is 4.31 Å². The van der Waals surface area contributed by atoms with E-state index in [1.807, 2.05) is 0 Å². The lowest BCUT2D eigenvalue weighted by Gasteiger charge is -2.16. The molecule has 0 saturated carbocycles. The van der Waals surface area contributed by atoms with Crippen LogP contribution in [0.2, 0.25) is 0 Å². The predicted molar refractivity (Wildman–Crippen MR) is 67.4 cm³/mol. The van der Waals surface area contributed by atoms with Crippen molar-refractivity contribution in [1.29, 1.82) is 0 Å². The van der Waals surface area contributed by atoms with Crippen LogP contribution in [-0.4, -0.2) is 38.8 Å². The summed E-state index contributed by atoms with van der Waals surface area (Å²) in [6.45, 7) is 0.358. The second kappa shape index (κ2) is 4.91. The van der Waals surface area contributed by atoms with Crippen molar-refractivity contribution in [2.24, 2.45) is 0 Å². The van der Waals surface area contributed by atoms with Gasteiger partial charge in [-0.1, -0.05) is 24.3 Å². The quantitative estimate of drug-likeness (QED) is 0.859. The second-order valence-corrected chi connectivity index (χ2v) is 5.86. The monoisotopic (exact) mass is 266 g/mol. The predicted octanol–water partition coefficient (Wildman–Crippen LogP) is 0.363. The van der Waals surface area contributed by atoms with Crippen LogP contribution in [0.4, 0.5) is 0 Å². The zero-order chi connectivity index (χ0) is 13.2. The van der Waals surface area contributed by atoms with Crippen molar-refractivity contribution >= 4 is 15.9 Å². The number of carbonyl (C=O) groups excluding carboxylic acids is 1. The van der Waals surface area contributed by atoms with E-state index < -0.39 is 10.0 Å². The van der Waals surface area contributed by atoms with Gasteiger partial charge in [-0.25, -0.2) is 8.42 Å². The molecule has 1 amide bonds. The van der Waals surface area contributed by atoms with Crippen molar-refractivity contribution in [3.05, 3.63) is 42.0 Å². The van der Waals surface area contributed by atoms with E-state index in [-0.39, 0.29) is 23.9 Å². The molecule has 96 valence electrons. The minimum atomic E-state index is -3.51. The molecular formula is C12H14N2O3S. The molecule has 1 heterocycles. The molecular weight excluding hydrogens is 252 g/mol. The lowest BCUT2D eigenvalue weighted by molar-refractivity contribution is -0.117. The number of sulfonamides is 1. The van der Waals surface area contributed by atoms with Crippen molar-refractivity contribution in [2.45, 2.75) is 4.90 Å². The first-order chi connectivity index (χ1) is 8.55. The molecule has 18 heavy (non-hydrogen) atoms. The van der Waals surface area contributed by atoms with Crippen molar-refractivity contribution in [3.63, 3.8) is 0 Å². The van der Waals surface area contributed by atoms with E-state index in [4.69, 9.17) is 0 Å². The lowest BCUT2D eigenvalue weighted by Crippen LogP contribution is -2.31. The first-order valence-corrected chi connectivity index (χ1v) is 6.96. The van der Waals surface area contributed by atoms with Crippen LogP contribution in [-0.2, 0) is 14.8 Å². The number of nitrogens with one attached hydrogen (secondary N) is 1. The average molecular weight is 266 g/mol. The summed E-state index contributed by atoms with van der Waals surface area (Å²) in [6, 6.07) is 8.21. The highest BCUT2D eigenvalue weighted by molar-refractivity contribution is 7.89. The Hall–Kier alpha value is -1.66. The number of likely N-dealkylation sites (N-methyl/N-ethyl adjacent to an activating group) is 1. The Bertz CT molecular complexity index is 579. The summed E-state index contributed by atoms with van der Waals surface area (Å²) >= 11 is 0. The molecule has 0 aromatic heterocycles. The van der Waals surface area contributed by atoms with Gasteiger partial charge in [0.15, 0.2) is 0 Å². The van der Waals surface area contributed by atoms with Crippen molar-refractivity contribution < 1.29 is 13.2 Å². The third kappa shape index (κ3) is 2.30. The maximum atomic E-state index is 12.3. The van der Waals surface area contributed by atoms with Crippen molar-refractivity contribution in [2.75, 3.05) is 20.1 Å². The van der Waals surface area contributed by atoms with Gasteiger partial charge in [0.25, 0.3) is 0 Å². The fourth-order valence-electron chi connectivity index (χ4n) is 1.78. The normalized spacial score (nSPS) is 16.4. The van der Waals surface area contributed by atoms with E-state index in [9.17, 15) is 13.2 Å². The van der Waals surface area contributed by atoms with Gasteiger partial charge >= 0.3 is 0 Å².